The van der Waals surface area contributed by atoms with Gasteiger partial charge in [0.15, 0.2) is 0 Å². The normalized spacial score (nSPS) is 10.2. The Labute approximate surface area is 69.0 Å². The van der Waals surface area contributed by atoms with Crippen molar-refractivity contribution >= 4 is 6.29 Å². The first kappa shape index (κ1) is 8.84. The summed E-state index contributed by atoms with van der Waals surface area (Å²) in [7, 11) is 0. The van der Waals surface area contributed by atoms with Crippen LogP contribution in [0.4, 0.5) is 8.78 Å². The highest BCUT2D eigenvalue weighted by molar-refractivity contribution is 5.77. The van der Waals surface area contributed by atoms with E-state index in [0.29, 0.717) is 5.56 Å². The Kier molecular flexibility index (Phi) is 2.91. The molecule has 0 bridgehead atoms. The Hall–Kier alpha value is -1.25. The molecular formula is C9H7F2O. The second-order valence-corrected chi connectivity index (χ2v) is 2.35. The Balaban J connectivity index is 2.89. The molecule has 1 aromatic rings. The summed E-state index contributed by atoms with van der Waals surface area (Å²) < 4.78 is 23.8. The maximum atomic E-state index is 11.9. The van der Waals surface area contributed by atoms with Crippen LogP contribution in [-0.2, 0) is 11.2 Å². The molecule has 3 heteroatoms. The third kappa shape index (κ3) is 2.12. The van der Waals surface area contributed by atoms with Crippen molar-refractivity contribution in [2.75, 3.05) is 0 Å². The highest BCUT2D eigenvalue weighted by Gasteiger charge is 2.07. The van der Waals surface area contributed by atoms with Crippen LogP contribution < -0.4 is 0 Å². The molecule has 0 heterocycles. The molecule has 0 saturated heterocycles. The first-order valence-corrected chi connectivity index (χ1v) is 3.48. The van der Waals surface area contributed by atoms with Gasteiger partial charge >= 0.3 is 0 Å². The van der Waals surface area contributed by atoms with E-state index in [9.17, 15) is 13.6 Å². The summed E-state index contributed by atoms with van der Waals surface area (Å²) in [5, 5.41) is 0. The monoisotopic (exact) mass is 169 g/mol. The van der Waals surface area contributed by atoms with Gasteiger partial charge in [-0.05, 0) is 5.56 Å². The molecule has 0 unspecified atom stereocenters. The molecule has 1 rings (SSSR count). The van der Waals surface area contributed by atoms with E-state index in [1.165, 1.54) is 12.1 Å². The van der Waals surface area contributed by atoms with Gasteiger partial charge in [-0.1, -0.05) is 24.3 Å². The minimum atomic E-state index is -2.42. The van der Waals surface area contributed by atoms with Crippen LogP contribution in [0.1, 0.15) is 11.1 Å². The van der Waals surface area contributed by atoms with Gasteiger partial charge in [-0.2, -0.15) is 0 Å². The van der Waals surface area contributed by atoms with Crippen molar-refractivity contribution in [1.29, 1.82) is 0 Å². The fraction of sp³-hybridized carbons (Fsp3) is 0.222. The minimum absolute atomic E-state index is 0.220. The second kappa shape index (κ2) is 3.95. The van der Waals surface area contributed by atoms with E-state index in [1.54, 1.807) is 18.4 Å². The molecule has 0 aliphatic rings. The lowest BCUT2D eigenvalue weighted by Crippen LogP contribution is -2.00. The molecule has 0 aliphatic carbocycles. The molecule has 0 atom stereocenters. The van der Waals surface area contributed by atoms with Crippen molar-refractivity contribution in [3.05, 3.63) is 35.4 Å². The highest BCUT2D eigenvalue weighted by Crippen LogP contribution is 2.10. The van der Waals surface area contributed by atoms with Crippen molar-refractivity contribution in [2.24, 2.45) is 0 Å². The van der Waals surface area contributed by atoms with Gasteiger partial charge in [-0.25, -0.2) is 8.78 Å². The predicted octanol–water partition coefficient (Wildman–Crippen LogP) is 1.95. The zero-order chi connectivity index (χ0) is 8.97. The van der Waals surface area contributed by atoms with Crippen LogP contribution in [0, 0.1) is 0 Å². The first-order chi connectivity index (χ1) is 5.74. The van der Waals surface area contributed by atoms with Crippen LogP contribution in [0.15, 0.2) is 24.3 Å². The van der Waals surface area contributed by atoms with Gasteiger partial charge in [0.05, 0.1) is 0 Å². The molecule has 0 spiro atoms. The van der Waals surface area contributed by atoms with Gasteiger partial charge in [-0.15, -0.1) is 0 Å². The van der Waals surface area contributed by atoms with Crippen LogP contribution in [0.3, 0.4) is 0 Å². The number of hydrogen-bond donors (Lipinski definition) is 0. The van der Waals surface area contributed by atoms with Gasteiger partial charge in [0.25, 0.3) is 0 Å². The summed E-state index contributed by atoms with van der Waals surface area (Å²) in [6, 6.07) is 6.23. The van der Waals surface area contributed by atoms with Crippen LogP contribution in [0.5, 0.6) is 0 Å². The molecule has 1 aromatic carbocycles. The summed E-state index contributed by atoms with van der Waals surface area (Å²) in [4.78, 5) is 10.2. The molecule has 0 amide bonds. The number of halogens is 2. The molecule has 1 nitrogen and oxygen atoms in total. The number of carbonyl (C=O) groups excluding carboxylic acids is 1. The summed E-state index contributed by atoms with van der Waals surface area (Å²) in [5.74, 6) is 0. The van der Waals surface area contributed by atoms with Crippen molar-refractivity contribution in [1.82, 2.24) is 0 Å². The van der Waals surface area contributed by atoms with Gasteiger partial charge in [-0.3, -0.25) is 4.79 Å². The lowest BCUT2D eigenvalue weighted by atomic mass is 10.1. The van der Waals surface area contributed by atoms with Crippen LogP contribution >= 0.6 is 0 Å². The molecule has 0 fully saturated rings. The summed E-state index contributed by atoms with van der Waals surface area (Å²) in [5.41, 5.74) is 0.570. The van der Waals surface area contributed by atoms with Gasteiger partial charge in [0, 0.05) is 12.0 Å². The molecule has 0 aromatic heterocycles. The lowest BCUT2D eigenvalue weighted by molar-refractivity contribution is 0.149. The van der Waals surface area contributed by atoms with Crippen molar-refractivity contribution in [2.45, 2.75) is 12.8 Å². The van der Waals surface area contributed by atoms with E-state index in [2.05, 4.69) is 0 Å². The average Bonchev–Trinajstić information content (AvgIpc) is 2.04. The van der Waals surface area contributed by atoms with E-state index >= 15 is 0 Å². The zero-order valence-electron chi connectivity index (χ0n) is 6.26. The Morgan fingerprint density at radius 2 is 2.00 bits per heavy atom. The van der Waals surface area contributed by atoms with Crippen molar-refractivity contribution in [3.63, 3.8) is 0 Å². The number of rotatable bonds is 3. The van der Waals surface area contributed by atoms with Crippen LogP contribution in [-0.4, -0.2) is 12.7 Å². The zero-order valence-corrected chi connectivity index (χ0v) is 6.26. The maximum absolute atomic E-state index is 11.9. The smallest absolute Gasteiger partial charge is 0.242 e. The SMILES string of the molecule is O=[C]c1ccccc1CC(F)F. The molecule has 0 N–H and O–H groups in total. The number of benzene rings is 1. The Morgan fingerprint density at radius 1 is 1.33 bits per heavy atom. The summed E-state index contributed by atoms with van der Waals surface area (Å²) >= 11 is 0. The predicted molar refractivity (Wildman–Crippen MR) is 40.9 cm³/mol. The summed E-state index contributed by atoms with van der Waals surface area (Å²) in [6.45, 7) is 0. The van der Waals surface area contributed by atoms with Gasteiger partial charge in [0.2, 0.25) is 12.7 Å². The standard InChI is InChI=1S/C9H7F2O/c10-9(11)5-7-3-1-2-4-8(7)6-12/h1-4,9H,5H2. The molecule has 1 radical (unpaired) electrons. The largest absolute Gasteiger partial charge is 0.285 e. The van der Waals surface area contributed by atoms with Gasteiger partial charge < -0.3 is 0 Å². The fourth-order valence-electron chi connectivity index (χ4n) is 0.964. The Bertz CT molecular complexity index is 271. The maximum Gasteiger partial charge on any atom is 0.242 e. The van der Waals surface area contributed by atoms with Crippen molar-refractivity contribution < 1.29 is 13.6 Å². The average molecular weight is 169 g/mol. The van der Waals surface area contributed by atoms with Crippen LogP contribution in [0.25, 0.3) is 0 Å². The second-order valence-electron chi connectivity index (χ2n) is 2.35. The molecule has 63 valence electrons. The highest BCUT2D eigenvalue weighted by atomic mass is 19.3. The molecular weight excluding hydrogens is 162 g/mol. The fourth-order valence-corrected chi connectivity index (χ4v) is 0.964. The minimum Gasteiger partial charge on any atom is -0.285 e. The third-order valence-electron chi connectivity index (χ3n) is 1.50. The van der Waals surface area contributed by atoms with E-state index in [-0.39, 0.29) is 12.0 Å². The van der Waals surface area contributed by atoms with E-state index in [1.807, 2.05) is 0 Å². The quantitative estimate of drug-likeness (QED) is 0.675. The third-order valence-corrected chi connectivity index (χ3v) is 1.50. The topological polar surface area (TPSA) is 17.1 Å². The van der Waals surface area contributed by atoms with E-state index < -0.39 is 6.43 Å². The van der Waals surface area contributed by atoms with E-state index in [4.69, 9.17) is 0 Å². The van der Waals surface area contributed by atoms with E-state index in [0.717, 1.165) is 0 Å². The Morgan fingerprint density at radius 3 is 2.58 bits per heavy atom. The summed E-state index contributed by atoms with van der Waals surface area (Å²) in [6.07, 6.45) is -1.18. The molecule has 0 aliphatic heterocycles. The van der Waals surface area contributed by atoms with Crippen molar-refractivity contribution in [3.8, 4) is 0 Å². The van der Waals surface area contributed by atoms with Gasteiger partial charge in [0.1, 0.15) is 0 Å². The number of hydrogen-bond acceptors (Lipinski definition) is 1. The number of alkyl halides is 2. The molecule has 0 saturated carbocycles. The first-order valence-electron chi connectivity index (χ1n) is 3.48. The lowest BCUT2D eigenvalue weighted by Gasteiger charge is -2.01. The molecule has 12 heavy (non-hydrogen) atoms. The van der Waals surface area contributed by atoms with Crippen LogP contribution in [0.2, 0.25) is 0 Å².